The van der Waals surface area contributed by atoms with E-state index in [1.807, 2.05) is 0 Å². The van der Waals surface area contributed by atoms with E-state index in [9.17, 15) is 28.5 Å². The molecule has 8 nitrogen and oxygen atoms in total. The fourth-order valence-corrected chi connectivity index (χ4v) is 2.39. The van der Waals surface area contributed by atoms with Gasteiger partial charge in [-0.15, -0.1) is 0 Å². The third-order valence-electron chi connectivity index (χ3n) is 3.67. The Bertz CT molecular complexity index is 941. The lowest BCUT2D eigenvalue weighted by Gasteiger charge is -2.23. The second-order valence-corrected chi connectivity index (χ2v) is 7.31. The smallest absolute Gasteiger partial charge is 0.408 e. The molecule has 1 unspecified atom stereocenters. The summed E-state index contributed by atoms with van der Waals surface area (Å²) in [7, 11) is 0. The van der Waals surface area contributed by atoms with Gasteiger partial charge < -0.3 is 14.8 Å². The number of ether oxygens (including phenoxy) is 2. The number of non-ortho nitro benzene ring substituents is 1. The molecule has 0 fully saturated rings. The van der Waals surface area contributed by atoms with Crippen LogP contribution in [0.2, 0.25) is 0 Å². The maximum Gasteiger partial charge on any atom is 0.408 e. The van der Waals surface area contributed by atoms with Crippen LogP contribution in [0, 0.1) is 21.7 Å². The molecular weight excluding hydrogens is 402 g/mol. The van der Waals surface area contributed by atoms with Crippen molar-refractivity contribution in [3.63, 3.8) is 0 Å². The number of nitrogens with one attached hydrogen (secondary N) is 1. The summed E-state index contributed by atoms with van der Waals surface area (Å²) < 4.78 is 37.7. The zero-order chi connectivity index (χ0) is 22.5. The lowest BCUT2D eigenvalue weighted by Crippen LogP contribution is -2.46. The molecule has 0 heterocycles. The summed E-state index contributed by atoms with van der Waals surface area (Å²) in [6, 6.07) is 5.97. The third-order valence-corrected chi connectivity index (χ3v) is 3.67. The van der Waals surface area contributed by atoms with E-state index >= 15 is 0 Å². The molecule has 0 saturated carbocycles. The number of rotatable bonds is 6. The standard InChI is InChI=1S/C20H20F2N2O6/c1-20(2,3)30-19(26)23-17(11-12-10-13(21)4-9-16(12)22)18(25)29-15-7-5-14(6-8-15)24(27)28/h4-10,17H,11H2,1-3H3,(H,23,26). The number of nitrogens with zero attached hydrogens (tertiary/aromatic N) is 1. The van der Waals surface area contributed by atoms with Crippen LogP contribution in [0.25, 0.3) is 0 Å². The molecular formula is C20H20F2N2O6. The second kappa shape index (κ2) is 9.29. The molecule has 160 valence electrons. The van der Waals surface area contributed by atoms with Crippen molar-refractivity contribution < 1.29 is 32.8 Å². The van der Waals surface area contributed by atoms with Crippen LogP contribution < -0.4 is 10.1 Å². The number of carbonyl (C=O) groups is 2. The predicted molar refractivity (Wildman–Crippen MR) is 102 cm³/mol. The normalized spacial score (nSPS) is 12.0. The van der Waals surface area contributed by atoms with Gasteiger partial charge in [-0.2, -0.15) is 0 Å². The summed E-state index contributed by atoms with van der Waals surface area (Å²) in [4.78, 5) is 34.8. The number of nitro benzene ring substituents is 1. The van der Waals surface area contributed by atoms with Crippen molar-refractivity contribution in [2.75, 3.05) is 0 Å². The van der Waals surface area contributed by atoms with Crippen molar-refractivity contribution >= 4 is 17.7 Å². The summed E-state index contributed by atoms with van der Waals surface area (Å²) in [6.07, 6.45) is -1.36. The summed E-state index contributed by atoms with van der Waals surface area (Å²) in [6.45, 7) is 4.84. The van der Waals surface area contributed by atoms with Gasteiger partial charge >= 0.3 is 12.1 Å². The zero-order valence-corrected chi connectivity index (χ0v) is 16.5. The van der Waals surface area contributed by atoms with Crippen molar-refractivity contribution in [1.82, 2.24) is 5.32 Å². The summed E-state index contributed by atoms with van der Waals surface area (Å²) in [5.74, 6) is -2.50. The fraction of sp³-hybridized carbons (Fsp3) is 0.300. The third kappa shape index (κ3) is 6.80. The average Bonchev–Trinajstić information content (AvgIpc) is 2.63. The van der Waals surface area contributed by atoms with Crippen LogP contribution in [-0.4, -0.2) is 28.6 Å². The number of hydrogen-bond acceptors (Lipinski definition) is 6. The molecule has 2 aromatic carbocycles. The molecule has 0 bridgehead atoms. The van der Waals surface area contributed by atoms with E-state index < -0.39 is 46.7 Å². The molecule has 1 atom stereocenters. The highest BCUT2D eigenvalue weighted by molar-refractivity contribution is 5.83. The van der Waals surface area contributed by atoms with Crippen molar-refractivity contribution in [3.05, 3.63) is 69.8 Å². The summed E-state index contributed by atoms with van der Waals surface area (Å²) >= 11 is 0. The van der Waals surface area contributed by atoms with Gasteiger partial charge in [0, 0.05) is 18.6 Å². The molecule has 0 aliphatic rings. The van der Waals surface area contributed by atoms with Gasteiger partial charge in [-0.3, -0.25) is 10.1 Å². The van der Waals surface area contributed by atoms with E-state index in [1.54, 1.807) is 20.8 Å². The van der Waals surface area contributed by atoms with E-state index in [-0.39, 0.29) is 17.0 Å². The first kappa shape index (κ1) is 22.7. The zero-order valence-electron chi connectivity index (χ0n) is 16.5. The van der Waals surface area contributed by atoms with Gasteiger partial charge in [-0.1, -0.05) is 0 Å². The Hall–Kier alpha value is -3.56. The first-order valence-corrected chi connectivity index (χ1v) is 8.84. The lowest BCUT2D eigenvalue weighted by molar-refractivity contribution is -0.384. The molecule has 0 spiro atoms. The number of nitro groups is 1. The monoisotopic (exact) mass is 422 g/mol. The summed E-state index contributed by atoms with van der Waals surface area (Å²) in [5.41, 5.74) is -1.22. The van der Waals surface area contributed by atoms with E-state index in [0.717, 1.165) is 30.3 Å². The highest BCUT2D eigenvalue weighted by atomic mass is 19.1. The average molecular weight is 422 g/mol. The molecule has 0 aliphatic heterocycles. The van der Waals surface area contributed by atoms with Gasteiger partial charge in [0.05, 0.1) is 4.92 Å². The molecule has 30 heavy (non-hydrogen) atoms. The lowest BCUT2D eigenvalue weighted by atomic mass is 10.1. The van der Waals surface area contributed by atoms with Crippen molar-refractivity contribution in [1.29, 1.82) is 0 Å². The second-order valence-electron chi connectivity index (χ2n) is 7.31. The molecule has 0 saturated heterocycles. The summed E-state index contributed by atoms with van der Waals surface area (Å²) in [5, 5.41) is 13.0. The molecule has 10 heteroatoms. The number of alkyl carbamates (subject to hydrolysis) is 1. The van der Waals surface area contributed by atoms with Crippen LogP contribution in [0.4, 0.5) is 19.3 Å². The Morgan fingerprint density at radius 3 is 2.33 bits per heavy atom. The Kier molecular flexibility index (Phi) is 7.04. The van der Waals surface area contributed by atoms with Gasteiger partial charge in [-0.25, -0.2) is 18.4 Å². The number of esters is 1. The first-order chi connectivity index (χ1) is 13.9. The number of benzene rings is 2. The Morgan fingerprint density at radius 1 is 1.13 bits per heavy atom. The maximum atomic E-state index is 14.0. The van der Waals surface area contributed by atoms with Gasteiger partial charge in [-0.05, 0) is 56.7 Å². The minimum atomic E-state index is -1.41. The highest BCUT2D eigenvalue weighted by Gasteiger charge is 2.27. The molecule has 2 rings (SSSR count). The highest BCUT2D eigenvalue weighted by Crippen LogP contribution is 2.19. The molecule has 0 aromatic heterocycles. The van der Waals surface area contributed by atoms with Crippen LogP contribution in [-0.2, 0) is 16.0 Å². The van der Waals surface area contributed by atoms with Crippen LogP contribution >= 0.6 is 0 Å². The SMILES string of the molecule is CC(C)(C)OC(=O)NC(Cc1cc(F)ccc1F)C(=O)Oc1ccc([N+](=O)[O-])cc1. The van der Waals surface area contributed by atoms with Crippen LogP contribution in [0.1, 0.15) is 26.3 Å². The van der Waals surface area contributed by atoms with Gasteiger partial charge in [0.1, 0.15) is 29.0 Å². The Morgan fingerprint density at radius 2 is 1.77 bits per heavy atom. The Balaban J connectivity index is 2.22. The van der Waals surface area contributed by atoms with E-state index in [4.69, 9.17) is 9.47 Å². The largest absolute Gasteiger partial charge is 0.444 e. The number of amides is 1. The Labute approximate surface area is 170 Å². The van der Waals surface area contributed by atoms with Crippen LogP contribution in [0.5, 0.6) is 5.75 Å². The topological polar surface area (TPSA) is 108 Å². The molecule has 1 N–H and O–H groups in total. The van der Waals surface area contributed by atoms with Gasteiger partial charge in [0.15, 0.2) is 0 Å². The fourth-order valence-electron chi connectivity index (χ4n) is 2.39. The maximum absolute atomic E-state index is 14.0. The van der Waals surface area contributed by atoms with Gasteiger partial charge in [0.2, 0.25) is 0 Å². The minimum absolute atomic E-state index is 0.0266. The predicted octanol–water partition coefficient (Wildman–Crippen LogP) is 3.91. The van der Waals surface area contributed by atoms with Crippen molar-refractivity contribution in [2.45, 2.75) is 38.8 Å². The van der Waals surface area contributed by atoms with E-state index in [0.29, 0.717) is 0 Å². The number of carbonyl (C=O) groups excluding carboxylic acids is 2. The van der Waals surface area contributed by atoms with E-state index in [1.165, 1.54) is 12.1 Å². The van der Waals surface area contributed by atoms with Gasteiger partial charge in [0.25, 0.3) is 5.69 Å². The first-order valence-electron chi connectivity index (χ1n) is 8.84. The molecule has 0 aliphatic carbocycles. The molecule has 0 radical (unpaired) electrons. The number of hydrogen-bond donors (Lipinski definition) is 1. The number of halogens is 2. The van der Waals surface area contributed by atoms with Crippen LogP contribution in [0.3, 0.4) is 0 Å². The van der Waals surface area contributed by atoms with Crippen molar-refractivity contribution in [3.8, 4) is 5.75 Å². The van der Waals surface area contributed by atoms with E-state index in [2.05, 4.69) is 5.32 Å². The molecule has 2 aromatic rings. The van der Waals surface area contributed by atoms with Crippen LogP contribution in [0.15, 0.2) is 42.5 Å². The van der Waals surface area contributed by atoms with Crippen molar-refractivity contribution in [2.24, 2.45) is 0 Å². The molecule has 1 amide bonds. The quantitative estimate of drug-likeness (QED) is 0.327. The minimum Gasteiger partial charge on any atom is -0.444 e.